The van der Waals surface area contributed by atoms with E-state index in [1.165, 1.54) is 0 Å². The van der Waals surface area contributed by atoms with E-state index in [9.17, 15) is 26.3 Å². The van der Waals surface area contributed by atoms with E-state index in [0.717, 1.165) is 5.56 Å². The minimum atomic E-state index is -5.03. The third kappa shape index (κ3) is 4.02. The van der Waals surface area contributed by atoms with E-state index in [1.807, 2.05) is 0 Å². The second-order valence-electron chi connectivity index (χ2n) is 5.89. The molecule has 1 aromatic heterocycles. The van der Waals surface area contributed by atoms with Gasteiger partial charge in [0.2, 0.25) is 5.90 Å². The van der Waals surface area contributed by atoms with Gasteiger partial charge >= 0.3 is 12.4 Å². The number of fused-ring (bicyclic) bond motifs is 1. The number of anilines is 1. The summed E-state index contributed by atoms with van der Waals surface area (Å²) in [6.07, 6.45) is -9.89. The topological polar surface area (TPSA) is 59.4 Å². The van der Waals surface area contributed by atoms with Gasteiger partial charge in [0.1, 0.15) is 11.7 Å². The summed E-state index contributed by atoms with van der Waals surface area (Å²) in [5, 5.41) is 8.00. The van der Waals surface area contributed by atoms with Crippen LogP contribution >= 0.6 is 0 Å². The molecule has 5 nitrogen and oxygen atoms in total. The normalized spacial score (nSPS) is 16.8. The molecule has 0 fully saturated rings. The zero-order valence-electron chi connectivity index (χ0n) is 14.4. The average molecular weight is 404 g/mol. The van der Waals surface area contributed by atoms with Crippen molar-refractivity contribution in [3.8, 4) is 0 Å². The zero-order valence-corrected chi connectivity index (χ0v) is 14.4. The quantitative estimate of drug-likeness (QED) is 0.759. The number of hydrogen-bond donors (Lipinski definition) is 1. The first-order valence-electron chi connectivity index (χ1n) is 8.18. The van der Waals surface area contributed by atoms with Crippen molar-refractivity contribution < 1.29 is 31.1 Å². The highest BCUT2D eigenvalue weighted by Gasteiger charge is 2.45. The third-order valence-electron chi connectivity index (χ3n) is 3.90. The largest absolute Gasteiger partial charge is 0.480 e. The van der Waals surface area contributed by atoms with Gasteiger partial charge in [0, 0.05) is 6.42 Å². The number of ether oxygens (including phenoxy) is 1. The molecule has 3 rings (SSSR count). The van der Waals surface area contributed by atoms with E-state index in [2.05, 4.69) is 20.5 Å². The lowest BCUT2D eigenvalue weighted by Gasteiger charge is -2.29. The van der Waals surface area contributed by atoms with Crippen LogP contribution in [0.1, 0.15) is 23.9 Å². The van der Waals surface area contributed by atoms with E-state index in [0.29, 0.717) is 0 Å². The predicted molar refractivity (Wildman–Crippen MR) is 88.3 cm³/mol. The van der Waals surface area contributed by atoms with Crippen molar-refractivity contribution in [3.05, 3.63) is 47.3 Å². The Balaban J connectivity index is 2.14. The SMILES string of the molecule is CCOC1=Nc2c(C(F)(F)F)nnc(C(F)(F)F)c2NC1Cc1ccccc1. The summed E-state index contributed by atoms with van der Waals surface area (Å²) in [6.45, 7) is 1.67. The molecule has 1 aliphatic rings. The first-order chi connectivity index (χ1) is 13.1. The highest BCUT2D eigenvalue weighted by atomic mass is 19.4. The maximum absolute atomic E-state index is 13.3. The fraction of sp³-hybridized carbons (Fsp3) is 0.353. The highest BCUT2D eigenvalue weighted by Crippen LogP contribution is 2.46. The molecule has 2 heterocycles. The average Bonchev–Trinajstić information content (AvgIpc) is 2.60. The Morgan fingerprint density at radius 3 is 2.14 bits per heavy atom. The number of benzene rings is 1. The molecule has 0 aliphatic carbocycles. The lowest BCUT2D eigenvalue weighted by Crippen LogP contribution is -2.37. The standard InChI is InChI=1S/C17H14F6N4O/c1-2-28-15-10(8-9-6-4-3-5-7-9)24-11-12(25-15)14(17(21,22)23)27-26-13(11)16(18,19)20/h3-7,10,24H,2,8H2,1H3. The molecule has 0 bridgehead atoms. The summed E-state index contributed by atoms with van der Waals surface area (Å²) in [5.41, 5.74) is -4.28. The van der Waals surface area contributed by atoms with Gasteiger partial charge in [-0.15, -0.1) is 10.2 Å². The Kier molecular flexibility index (Phi) is 5.18. The maximum atomic E-state index is 13.3. The monoisotopic (exact) mass is 404 g/mol. The number of aromatic nitrogens is 2. The molecule has 1 N–H and O–H groups in total. The van der Waals surface area contributed by atoms with Crippen LogP contribution in [0.25, 0.3) is 0 Å². The summed E-state index contributed by atoms with van der Waals surface area (Å²) in [6, 6.07) is 7.80. The fourth-order valence-electron chi connectivity index (χ4n) is 2.76. The second kappa shape index (κ2) is 7.28. The Labute approximate surface area is 155 Å². The van der Waals surface area contributed by atoms with Gasteiger partial charge in [0.15, 0.2) is 11.4 Å². The van der Waals surface area contributed by atoms with E-state index >= 15 is 0 Å². The van der Waals surface area contributed by atoms with Crippen molar-refractivity contribution >= 4 is 17.3 Å². The first-order valence-corrected chi connectivity index (χ1v) is 8.18. The molecule has 0 amide bonds. The van der Waals surface area contributed by atoms with Crippen LogP contribution in [0, 0.1) is 0 Å². The smallest absolute Gasteiger partial charge is 0.437 e. The number of rotatable bonds is 3. The molecule has 1 aromatic carbocycles. The number of halogens is 6. The number of nitrogens with zero attached hydrogens (tertiary/aromatic N) is 3. The van der Waals surface area contributed by atoms with Crippen LogP contribution in [0.2, 0.25) is 0 Å². The summed E-state index contributed by atoms with van der Waals surface area (Å²) in [7, 11) is 0. The van der Waals surface area contributed by atoms with Gasteiger partial charge in [-0.25, -0.2) is 4.99 Å². The maximum Gasteiger partial charge on any atom is 0.437 e. The Bertz CT molecular complexity index is 880. The van der Waals surface area contributed by atoms with E-state index in [-0.39, 0.29) is 18.9 Å². The fourth-order valence-corrected chi connectivity index (χ4v) is 2.76. The molecule has 28 heavy (non-hydrogen) atoms. The van der Waals surface area contributed by atoms with Crippen LogP contribution in [0.5, 0.6) is 0 Å². The van der Waals surface area contributed by atoms with E-state index in [4.69, 9.17) is 4.74 Å². The lowest BCUT2D eigenvalue weighted by atomic mass is 10.0. The van der Waals surface area contributed by atoms with Gasteiger partial charge in [-0.05, 0) is 12.5 Å². The van der Waals surface area contributed by atoms with Crippen LogP contribution in [0.4, 0.5) is 37.7 Å². The summed E-state index contributed by atoms with van der Waals surface area (Å²) < 4.78 is 84.9. The van der Waals surface area contributed by atoms with Gasteiger partial charge in [-0.3, -0.25) is 0 Å². The number of nitrogens with one attached hydrogen (secondary N) is 1. The van der Waals surface area contributed by atoms with Crippen molar-refractivity contribution in [1.29, 1.82) is 0 Å². The van der Waals surface area contributed by atoms with Crippen molar-refractivity contribution in [3.63, 3.8) is 0 Å². The molecule has 11 heteroatoms. The van der Waals surface area contributed by atoms with Crippen molar-refractivity contribution in [2.45, 2.75) is 31.7 Å². The van der Waals surface area contributed by atoms with Crippen molar-refractivity contribution in [2.24, 2.45) is 4.99 Å². The minimum Gasteiger partial charge on any atom is -0.480 e. The Morgan fingerprint density at radius 2 is 1.57 bits per heavy atom. The van der Waals surface area contributed by atoms with Crippen LogP contribution in [-0.2, 0) is 23.5 Å². The van der Waals surface area contributed by atoms with E-state index < -0.39 is 41.2 Å². The predicted octanol–water partition coefficient (Wildman–Crippen LogP) is 4.62. The van der Waals surface area contributed by atoms with Crippen LogP contribution in [-0.4, -0.2) is 28.7 Å². The summed E-state index contributed by atoms with van der Waals surface area (Å²) >= 11 is 0. The number of hydrogen-bond acceptors (Lipinski definition) is 5. The number of aliphatic imine (C=N–C) groups is 1. The third-order valence-corrected chi connectivity index (χ3v) is 3.90. The molecular weight excluding hydrogens is 390 g/mol. The van der Waals surface area contributed by atoms with Crippen LogP contribution < -0.4 is 5.32 Å². The molecule has 1 unspecified atom stereocenters. The van der Waals surface area contributed by atoms with Crippen molar-refractivity contribution in [2.75, 3.05) is 11.9 Å². The van der Waals surface area contributed by atoms with Gasteiger partial charge in [0.25, 0.3) is 0 Å². The van der Waals surface area contributed by atoms with Gasteiger partial charge in [-0.1, -0.05) is 30.3 Å². The summed E-state index contributed by atoms with van der Waals surface area (Å²) in [4.78, 5) is 3.76. The molecule has 1 aliphatic heterocycles. The molecule has 0 saturated heterocycles. The Hall–Kier alpha value is -2.85. The molecule has 150 valence electrons. The van der Waals surface area contributed by atoms with Crippen LogP contribution in [0.15, 0.2) is 35.3 Å². The molecule has 2 aromatic rings. The molecule has 0 spiro atoms. The molecule has 1 atom stereocenters. The van der Waals surface area contributed by atoms with Gasteiger partial charge in [0.05, 0.1) is 12.3 Å². The molecular formula is C17H14F6N4O. The van der Waals surface area contributed by atoms with Crippen molar-refractivity contribution in [1.82, 2.24) is 10.2 Å². The van der Waals surface area contributed by atoms with Gasteiger partial charge < -0.3 is 10.1 Å². The molecule has 0 saturated carbocycles. The highest BCUT2D eigenvalue weighted by molar-refractivity contribution is 5.94. The number of alkyl halides is 6. The lowest BCUT2D eigenvalue weighted by molar-refractivity contribution is -0.146. The zero-order chi connectivity index (χ0) is 20.5. The summed E-state index contributed by atoms with van der Waals surface area (Å²) in [5.74, 6) is -0.148. The first kappa shape index (κ1) is 19.9. The van der Waals surface area contributed by atoms with E-state index in [1.54, 1.807) is 37.3 Å². The molecule has 0 radical (unpaired) electrons. The van der Waals surface area contributed by atoms with Gasteiger partial charge in [-0.2, -0.15) is 26.3 Å². The van der Waals surface area contributed by atoms with Crippen LogP contribution in [0.3, 0.4) is 0 Å². The Morgan fingerprint density at radius 1 is 0.964 bits per heavy atom. The minimum absolute atomic E-state index is 0.0765. The second-order valence-corrected chi connectivity index (χ2v) is 5.89.